The van der Waals surface area contributed by atoms with Crippen LogP contribution in [0.1, 0.15) is 53.8 Å². The molecule has 3 nitrogen and oxygen atoms in total. The largest absolute Gasteiger partial charge is 0.380 e. The lowest BCUT2D eigenvalue weighted by Crippen LogP contribution is -2.16. The molecular formula is C27H32ClN3S. The number of rotatable bonds is 7. The Morgan fingerprint density at radius 3 is 2.69 bits per heavy atom. The highest BCUT2D eigenvalue weighted by molar-refractivity contribution is 7.09. The monoisotopic (exact) mass is 465 g/mol. The molecule has 0 spiro atoms. The van der Waals surface area contributed by atoms with Gasteiger partial charge >= 0.3 is 0 Å². The number of thiazole rings is 1. The van der Waals surface area contributed by atoms with Gasteiger partial charge in [-0.1, -0.05) is 67.6 Å². The Bertz CT molecular complexity index is 1040. The molecule has 0 unspecified atom stereocenters. The first-order valence-corrected chi connectivity index (χ1v) is 13.3. The summed E-state index contributed by atoms with van der Waals surface area (Å²) in [6, 6.07) is 13.0. The maximum Gasteiger partial charge on any atom is 0.0932 e. The van der Waals surface area contributed by atoms with Gasteiger partial charge in [0.2, 0.25) is 0 Å². The molecule has 2 aromatic carbocycles. The first-order chi connectivity index (χ1) is 15.8. The SMILES string of the molecule is Clc1ccc2c(c1NCc1ccc(-c3csc(CCC4CCCC4)n3)cc1)CCNCC2. The van der Waals surface area contributed by atoms with Gasteiger partial charge in [0.15, 0.2) is 0 Å². The van der Waals surface area contributed by atoms with Gasteiger partial charge in [-0.25, -0.2) is 4.98 Å². The Kier molecular flexibility index (Phi) is 7.11. The van der Waals surface area contributed by atoms with Crippen molar-refractivity contribution in [3.63, 3.8) is 0 Å². The van der Waals surface area contributed by atoms with E-state index in [1.54, 1.807) is 0 Å². The van der Waals surface area contributed by atoms with Crippen molar-refractivity contribution >= 4 is 28.6 Å². The van der Waals surface area contributed by atoms with Crippen LogP contribution < -0.4 is 10.6 Å². The molecule has 1 aliphatic heterocycles. The van der Waals surface area contributed by atoms with E-state index in [9.17, 15) is 0 Å². The molecule has 1 saturated carbocycles. The highest BCUT2D eigenvalue weighted by Crippen LogP contribution is 2.32. The van der Waals surface area contributed by atoms with Crippen LogP contribution in [0.25, 0.3) is 11.3 Å². The van der Waals surface area contributed by atoms with Crippen molar-refractivity contribution in [2.24, 2.45) is 5.92 Å². The van der Waals surface area contributed by atoms with E-state index in [1.807, 2.05) is 17.4 Å². The van der Waals surface area contributed by atoms with E-state index < -0.39 is 0 Å². The minimum absolute atomic E-state index is 0.771. The molecule has 5 heteroatoms. The average Bonchev–Trinajstić information content (AvgIpc) is 3.45. The fourth-order valence-electron chi connectivity index (χ4n) is 5.10. The lowest BCUT2D eigenvalue weighted by molar-refractivity contribution is 0.503. The molecule has 2 heterocycles. The zero-order valence-electron chi connectivity index (χ0n) is 18.6. The van der Waals surface area contributed by atoms with Crippen molar-refractivity contribution < 1.29 is 0 Å². The van der Waals surface area contributed by atoms with E-state index in [2.05, 4.69) is 46.3 Å². The number of aromatic nitrogens is 1. The van der Waals surface area contributed by atoms with Crippen LogP contribution in [0.2, 0.25) is 5.02 Å². The molecular weight excluding hydrogens is 434 g/mol. The number of nitrogens with one attached hydrogen (secondary N) is 2. The van der Waals surface area contributed by atoms with E-state index in [0.717, 1.165) is 61.2 Å². The van der Waals surface area contributed by atoms with E-state index in [4.69, 9.17) is 16.6 Å². The molecule has 168 valence electrons. The summed E-state index contributed by atoms with van der Waals surface area (Å²) in [5, 5.41) is 11.4. The summed E-state index contributed by atoms with van der Waals surface area (Å²) in [6.45, 7) is 2.81. The number of nitrogens with zero attached hydrogens (tertiary/aromatic N) is 1. The van der Waals surface area contributed by atoms with Crippen LogP contribution in [0.3, 0.4) is 0 Å². The third-order valence-corrected chi connectivity index (χ3v) is 8.22. The van der Waals surface area contributed by atoms with Crippen molar-refractivity contribution in [3.05, 3.63) is 68.5 Å². The van der Waals surface area contributed by atoms with Crippen molar-refractivity contribution in [2.75, 3.05) is 18.4 Å². The van der Waals surface area contributed by atoms with Crippen LogP contribution in [-0.4, -0.2) is 18.1 Å². The minimum atomic E-state index is 0.771. The van der Waals surface area contributed by atoms with E-state index in [0.29, 0.717) is 0 Å². The number of hydrogen-bond donors (Lipinski definition) is 2. The van der Waals surface area contributed by atoms with Gasteiger partial charge in [-0.05, 0) is 67.4 Å². The molecule has 2 aliphatic rings. The predicted molar refractivity (Wildman–Crippen MR) is 137 cm³/mol. The van der Waals surface area contributed by atoms with E-state index >= 15 is 0 Å². The first kappa shape index (κ1) is 21.9. The highest BCUT2D eigenvalue weighted by atomic mass is 35.5. The highest BCUT2D eigenvalue weighted by Gasteiger charge is 2.16. The Hall–Kier alpha value is -1.88. The zero-order valence-corrected chi connectivity index (χ0v) is 20.2. The molecule has 1 fully saturated rings. The number of fused-ring (bicyclic) bond motifs is 1. The summed E-state index contributed by atoms with van der Waals surface area (Å²) in [5.74, 6) is 0.929. The van der Waals surface area contributed by atoms with Crippen molar-refractivity contribution in [3.8, 4) is 11.3 Å². The molecule has 3 aromatic rings. The predicted octanol–water partition coefficient (Wildman–Crippen LogP) is 6.89. The van der Waals surface area contributed by atoms with Gasteiger partial charge in [-0.15, -0.1) is 11.3 Å². The van der Waals surface area contributed by atoms with Gasteiger partial charge in [-0.3, -0.25) is 0 Å². The molecule has 0 bridgehead atoms. The van der Waals surface area contributed by atoms with Crippen molar-refractivity contribution in [2.45, 2.75) is 57.9 Å². The summed E-state index contributed by atoms with van der Waals surface area (Å²) < 4.78 is 0. The number of halogens is 1. The molecule has 0 atom stereocenters. The van der Waals surface area contributed by atoms with Gasteiger partial charge in [0.1, 0.15) is 0 Å². The van der Waals surface area contributed by atoms with Crippen LogP contribution in [0, 0.1) is 5.92 Å². The number of anilines is 1. The van der Waals surface area contributed by atoms with Crippen LogP contribution >= 0.6 is 22.9 Å². The second kappa shape index (κ2) is 10.4. The van der Waals surface area contributed by atoms with Crippen molar-refractivity contribution in [1.82, 2.24) is 10.3 Å². The quantitative estimate of drug-likeness (QED) is 0.399. The van der Waals surface area contributed by atoms with E-state index in [-0.39, 0.29) is 0 Å². The second-order valence-electron chi connectivity index (χ2n) is 9.18. The lowest BCUT2D eigenvalue weighted by Gasteiger charge is -2.16. The lowest BCUT2D eigenvalue weighted by atomic mass is 10.0. The normalized spacial score (nSPS) is 16.7. The zero-order chi connectivity index (χ0) is 21.8. The standard InChI is InChI=1S/C27H32ClN3S/c28-24-11-10-21-13-15-29-16-14-23(21)27(24)30-17-20-5-8-22(9-6-20)25-18-32-26(31-25)12-7-19-3-1-2-4-19/h5-6,8-11,18-19,29-30H,1-4,7,12-17H2. The molecule has 32 heavy (non-hydrogen) atoms. The molecule has 1 aliphatic carbocycles. The van der Waals surface area contributed by atoms with Gasteiger partial charge in [-0.2, -0.15) is 0 Å². The third-order valence-electron chi connectivity index (χ3n) is 6.99. The smallest absolute Gasteiger partial charge is 0.0932 e. The topological polar surface area (TPSA) is 37.0 Å². The van der Waals surface area contributed by atoms with Crippen LogP contribution in [0.4, 0.5) is 5.69 Å². The van der Waals surface area contributed by atoms with Gasteiger partial charge in [0.25, 0.3) is 0 Å². The summed E-state index contributed by atoms with van der Waals surface area (Å²) in [4.78, 5) is 4.91. The van der Waals surface area contributed by atoms with Gasteiger partial charge < -0.3 is 10.6 Å². The Labute approximate surface area is 200 Å². The summed E-state index contributed by atoms with van der Waals surface area (Å²) in [6.07, 6.45) is 10.2. The maximum atomic E-state index is 6.57. The molecule has 2 N–H and O–H groups in total. The van der Waals surface area contributed by atoms with Crippen LogP contribution in [0.15, 0.2) is 41.8 Å². The van der Waals surface area contributed by atoms with Gasteiger partial charge in [0, 0.05) is 17.5 Å². The first-order valence-electron chi connectivity index (χ1n) is 12.0. The minimum Gasteiger partial charge on any atom is -0.380 e. The fraction of sp³-hybridized carbons (Fsp3) is 0.444. The third kappa shape index (κ3) is 5.19. The molecule has 5 rings (SSSR count). The van der Waals surface area contributed by atoms with Crippen LogP contribution in [-0.2, 0) is 25.8 Å². The number of hydrogen-bond acceptors (Lipinski definition) is 4. The van der Waals surface area contributed by atoms with Crippen LogP contribution in [0.5, 0.6) is 0 Å². The Morgan fingerprint density at radius 2 is 1.84 bits per heavy atom. The Balaban J connectivity index is 1.21. The number of benzene rings is 2. The summed E-state index contributed by atoms with van der Waals surface area (Å²) in [5.41, 5.74) is 7.44. The second-order valence-corrected chi connectivity index (χ2v) is 10.5. The fourth-order valence-corrected chi connectivity index (χ4v) is 6.17. The molecule has 1 aromatic heterocycles. The summed E-state index contributed by atoms with van der Waals surface area (Å²) >= 11 is 8.38. The van der Waals surface area contributed by atoms with Gasteiger partial charge in [0.05, 0.1) is 21.4 Å². The van der Waals surface area contributed by atoms with Crippen molar-refractivity contribution in [1.29, 1.82) is 0 Å². The number of aryl methyl sites for hydroxylation is 1. The van der Waals surface area contributed by atoms with E-state index in [1.165, 1.54) is 59.4 Å². The Morgan fingerprint density at radius 1 is 1.03 bits per heavy atom. The molecule has 0 radical (unpaired) electrons. The molecule has 0 saturated heterocycles. The summed E-state index contributed by atoms with van der Waals surface area (Å²) in [7, 11) is 0. The average molecular weight is 466 g/mol. The molecule has 0 amide bonds. The maximum absolute atomic E-state index is 6.57.